The molecule has 122 valence electrons. The molecule has 0 atom stereocenters. The fourth-order valence-corrected chi connectivity index (χ4v) is 3.39. The molecule has 0 saturated heterocycles. The standard InChI is InChI=1S/C20H13Cl2N3/c21-19-16-12-23-18(14-9-5-2-6-10-14)15(17(16)20(22)25-24-19)11-13-7-3-1-4-8-13/h1-10,12H,11H2. The van der Waals surface area contributed by atoms with Crippen molar-refractivity contribution < 1.29 is 0 Å². The Morgan fingerprint density at radius 3 is 2.12 bits per heavy atom. The molecule has 4 rings (SSSR count). The van der Waals surface area contributed by atoms with Crippen molar-refractivity contribution in [1.29, 1.82) is 0 Å². The van der Waals surface area contributed by atoms with Crippen LogP contribution in [0.3, 0.4) is 0 Å². The molecule has 25 heavy (non-hydrogen) atoms. The van der Waals surface area contributed by atoms with Crippen LogP contribution in [0.15, 0.2) is 66.9 Å². The summed E-state index contributed by atoms with van der Waals surface area (Å²) in [4.78, 5) is 4.66. The number of benzene rings is 2. The number of aromatic nitrogens is 3. The second kappa shape index (κ2) is 6.79. The Morgan fingerprint density at radius 1 is 0.760 bits per heavy atom. The molecule has 5 heteroatoms. The van der Waals surface area contributed by atoms with Gasteiger partial charge in [-0.05, 0) is 11.1 Å². The zero-order valence-corrected chi connectivity index (χ0v) is 14.7. The van der Waals surface area contributed by atoms with Crippen molar-refractivity contribution in [2.45, 2.75) is 6.42 Å². The van der Waals surface area contributed by atoms with E-state index >= 15 is 0 Å². The van der Waals surface area contributed by atoms with Crippen LogP contribution in [-0.4, -0.2) is 15.2 Å². The van der Waals surface area contributed by atoms with Gasteiger partial charge in [-0.3, -0.25) is 4.98 Å². The lowest BCUT2D eigenvalue weighted by atomic mass is 9.96. The van der Waals surface area contributed by atoms with Gasteiger partial charge in [0.1, 0.15) is 0 Å². The van der Waals surface area contributed by atoms with E-state index in [1.54, 1.807) is 6.20 Å². The van der Waals surface area contributed by atoms with Crippen LogP contribution in [-0.2, 0) is 6.42 Å². The number of fused-ring (bicyclic) bond motifs is 1. The first kappa shape index (κ1) is 16.0. The molecular formula is C20H13Cl2N3. The van der Waals surface area contributed by atoms with E-state index in [0.29, 0.717) is 22.1 Å². The predicted molar refractivity (Wildman–Crippen MR) is 102 cm³/mol. The van der Waals surface area contributed by atoms with Crippen LogP contribution < -0.4 is 0 Å². The summed E-state index contributed by atoms with van der Waals surface area (Å²) in [5.41, 5.74) is 4.07. The van der Waals surface area contributed by atoms with E-state index in [0.717, 1.165) is 27.8 Å². The highest BCUT2D eigenvalue weighted by Gasteiger charge is 2.17. The van der Waals surface area contributed by atoms with E-state index in [2.05, 4.69) is 27.3 Å². The number of nitrogens with zero attached hydrogens (tertiary/aromatic N) is 3. The third-order valence-electron chi connectivity index (χ3n) is 4.10. The summed E-state index contributed by atoms with van der Waals surface area (Å²) >= 11 is 12.6. The van der Waals surface area contributed by atoms with Gasteiger partial charge in [0, 0.05) is 29.0 Å². The maximum Gasteiger partial charge on any atom is 0.161 e. The molecule has 0 radical (unpaired) electrons. The Labute approximate surface area is 155 Å². The molecule has 2 aromatic heterocycles. The molecule has 0 saturated carbocycles. The second-order valence-electron chi connectivity index (χ2n) is 5.68. The molecule has 0 aliphatic carbocycles. The molecule has 3 nitrogen and oxygen atoms in total. The number of pyridine rings is 1. The van der Waals surface area contributed by atoms with Crippen molar-refractivity contribution in [2.24, 2.45) is 0 Å². The highest BCUT2D eigenvalue weighted by Crippen LogP contribution is 2.35. The van der Waals surface area contributed by atoms with Crippen LogP contribution in [0.1, 0.15) is 11.1 Å². The maximum absolute atomic E-state index is 6.40. The van der Waals surface area contributed by atoms with Gasteiger partial charge in [-0.25, -0.2) is 0 Å². The Kier molecular flexibility index (Phi) is 4.35. The van der Waals surface area contributed by atoms with Crippen LogP contribution >= 0.6 is 23.2 Å². The summed E-state index contributed by atoms with van der Waals surface area (Å²) in [6.45, 7) is 0. The van der Waals surface area contributed by atoms with Gasteiger partial charge in [0.15, 0.2) is 10.3 Å². The number of hydrogen-bond acceptors (Lipinski definition) is 3. The van der Waals surface area contributed by atoms with E-state index in [1.165, 1.54) is 0 Å². The molecule has 0 unspecified atom stereocenters. The summed E-state index contributed by atoms with van der Waals surface area (Å²) < 4.78 is 0. The van der Waals surface area contributed by atoms with Crippen molar-refractivity contribution in [3.63, 3.8) is 0 Å². The molecule has 2 aromatic carbocycles. The predicted octanol–water partition coefficient (Wildman–Crippen LogP) is 5.59. The van der Waals surface area contributed by atoms with Gasteiger partial charge in [-0.15, -0.1) is 10.2 Å². The molecular weight excluding hydrogens is 353 g/mol. The topological polar surface area (TPSA) is 38.7 Å². The van der Waals surface area contributed by atoms with E-state index in [9.17, 15) is 0 Å². The van der Waals surface area contributed by atoms with Crippen LogP contribution in [0.2, 0.25) is 10.3 Å². The van der Waals surface area contributed by atoms with E-state index < -0.39 is 0 Å². The molecule has 4 aromatic rings. The van der Waals surface area contributed by atoms with Gasteiger partial charge in [-0.2, -0.15) is 0 Å². The van der Waals surface area contributed by atoms with Crippen LogP contribution in [0.4, 0.5) is 0 Å². The van der Waals surface area contributed by atoms with Crippen molar-refractivity contribution >= 4 is 34.0 Å². The first-order valence-electron chi connectivity index (χ1n) is 7.82. The molecule has 0 spiro atoms. The summed E-state index contributed by atoms with van der Waals surface area (Å²) in [5.74, 6) is 0. The largest absolute Gasteiger partial charge is 0.255 e. The Hall–Kier alpha value is -2.49. The maximum atomic E-state index is 6.40. The van der Waals surface area contributed by atoms with Gasteiger partial charge in [-0.1, -0.05) is 83.9 Å². The minimum absolute atomic E-state index is 0.306. The lowest BCUT2D eigenvalue weighted by molar-refractivity contribution is 1.04. The van der Waals surface area contributed by atoms with Gasteiger partial charge >= 0.3 is 0 Å². The zero-order chi connectivity index (χ0) is 17.2. The summed E-state index contributed by atoms with van der Waals surface area (Å²) in [5, 5.41) is 10.1. The SMILES string of the molecule is Clc1nnc(Cl)c2c(Cc3ccccc3)c(-c3ccccc3)ncc12. The second-order valence-corrected chi connectivity index (χ2v) is 6.40. The molecule has 0 aliphatic heterocycles. The third-order valence-corrected chi connectivity index (χ3v) is 4.65. The Morgan fingerprint density at radius 2 is 1.40 bits per heavy atom. The Balaban J connectivity index is 2.02. The fourth-order valence-electron chi connectivity index (χ4n) is 2.95. The first-order chi connectivity index (χ1) is 12.2. The number of hydrogen-bond donors (Lipinski definition) is 0. The average Bonchev–Trinajstić information content (AvgIpc) is 2.66. The fraction of sp³-hybridized carbons (Fsp3) is 0.0500. The van der Waals surface area contributed by atoms with Gasteiger partial charge < -0.3 is 0 Å². The summed E-state index contributed by atoms with van der Waals surface area (Å²) in [7, 11) is 0. The van der Waals surface area contributed by atoms with Crippen LogP contribution in [0, 0.1) is 0 Å². The quantitative estimate of drug-likeness (QED) is 0.474. The van der Waals surface area contributed by atoms with Gasteiger partial charge in [0.05, 0.1) is 5.69 Å². The van der Waals surface area contributed by atoms with Crippen molar-refractivity contribution in [3.05, 3.63) is 88.3 Å². The zero-order valence-electron chi connectivity index (χ0n) is 13.2. The lowest BCUT2D eigenvalue weighted by Gasteiger charge is -2.14. The average molecular weight is 366 g/mol. The molecule has 0 bridgehead atoms. The Bertz CT molecular complexity index is 1030. The molecule has 0 amide bonds. The van der Waals surface area contributed by atoms with E-state index in [4.69, 9.17) is 23.2 Å². The minimum atomic E-state index is 0.306. The normalized spacial score (nSPS) is 11.0. The highest BCUT2D eigenvalue weighted by molar-refractivity contribution is 6.38. The van der Waals surface area contributed by atoms with Crippen molar-refractivity contribution in [1.82, 2.24) is 15.2 Å². The highest BCUT2D eigenvalue weighted by atomic mass is 35.5. The van der Waals surface area contributed by atoms with E-state index in [1.807, 2.05) is 48.5 Å². The van der Waals surface area contributed by atoms with E-state index in [-0.39, 0.29) is 0 Å². The monoisotopic (exact) mass is 365 g/mol. The van der Waals surface area contributed by atoms with Crippen molar-refractivity contribution in [2.75, 3.05) is 0 Å². The van der Waals surface area contributed by atoms with Crippen LogP contribution in [0.25, 0.3) is 22.0 Å². The molecule has 0 aliphatic rings. The molecule has 2 heterocycles. The minimum Gasteiger partial charge on any atom is -0.255 e. The first-order valence-corrected chi connectivity index (χ1v) is 8.58. The number of halogens is 2. The molecule has 0 fully saturated rings. The summed E-state index contributed by atoms with van der Waals surface area (Å²) in [6, 6.07) is 20.2. The van der Waals surface area contributed by atoms with Crippen LogP contribution in [0.5, 0.6) is 0 Å². The summed E-state index contributed by atoms with van der Waals surface area (Å²) in [6.07, 6.45) is 2.40. The van der Waals surface area contributed by atoms with Crippen molar-refractivity contribution in [3.8, 4) is 11.3 Å². The molecule has 0 N–H and O–H groups in total. The lowest BCUT2D eigenvalue weighted by Crippen LogP contribution is -2.00. The number of rotatable bonds is 3. The van der Waals surface area contributed by atoms with Gasteiger partial charge in [0.25, 0.3) is 0 Å². The smallest absolute Gasteiger partial charge is 0.161 e. The van der Waals surface area contributed by atoms with Gasteiger partial charge in [0.2, 0.25) is 0 Å². The third kappa shape index (κ3) is 3.09.